The molecular weight excluding hydrogens is 342 g/mol. The highest BCUT2D eigenvalue weighted by molar-refractivity contribution is 6.14. The first-order valence-corrected chi connectivity index (χ1v) is 8.11. The van der Waals surface area contributed by atoms with E-state index >= 15 is 0 Å². The summed E-state index contributed by atoms with van der Waals surface area (Å²) >= 11 is 0. The summed E-state index contributed by atoms with van der Waals surface area (Å²) in [6.45, 7) is 3.41. The van der Waals surface area contributed by atoms with Gasteiger partial charge in [0.25, 0.3) is 5.91 Å². The zero-order chi connectivity index (χ0) is 19.6. The minimum Gasteiger partial charge on any atom is -0.472 e. The minimum absolute atomic E-state index is 0.195. The molecule has 27 heavy (non-hydrogen) atoms. The number of aryl methyl sites for hydroxylation is 2. The molecule has 3 aromatic rings. The highest BCUT2D eigenvalue weighted by Gasteiger charge is 2.16. The van der Waals surface area contributed by atoms with Crippen LogP contribution < -0.4 is 11.1 Å². The Morgan fingerprint density at radius 1 is 1.30 bits per heavy atom. The second-order valence-electron chi connectivity index (χ2n) is 6.04. The maximum Gasteiger partial charge on any atom is 0.274 e. The molecule has 7 heteroatoms. The van der Waals surface area contributed by atoms with Gasteiger partial charge in [0.15, 0.2) is 0 Å². The lowest BCUT2D eigenvalue weighted by Gasteiger charge is -2.12. The molecule has 0 bridgehead atoms. The number of furan rings is 1. The second kappa shape index (κ2) is 7.14. The predicted molar refractivity (Wildman–Crippen MR) is 102 cm³/mol. The molecule has 1 amide bonds. The molecular formula is C20H17N5O2. The summed E-state index contributed by atoms with van der Waals surface area (Å²) in [6.07, 6.45) is 2.94. The van der Waals surface area contributed by atoms with Crippen LogP contribution in [0.25, 0.3) is 0 Å². The molecule has 4 N–H and O–H groups in total. The van der Waals surface area contributed by atoms with Crippen molar-refractivity contribution in [1.29, 1.82) is 10.7 Å². The van der Waals surface area contributed by atoms with E-state index in [0.29, 0.717) is 39.3 Å². The number of anilines is 2. The van der Waals surface area contributed by atoms with Gasteiger partial charge in [-0.1, -0.05) is 0 Å². The molecule has 0 aliphatic heterocycles. The van der Waals surface area contributed by atoms with E-state index in [0.717, 1.165) is 0 Å². The average molecular weight is 359 g/mol. The fraction of sp³-hybridized carbons (Fsp3) is 0.100. The summed E-state index contributed by atoms with van der Waals surface area (Å²) in [6, 6.07) is 10.3. The van der Waals surface area contributed by atoms with Crippen LogP contribution in [0.15, 0.2) is 47.3 Å². The quantitative estimate of drug-likeness (QED) is 0.485. The van der Waals surface area contributed by atoms with Crippen molar-refractivity contribution in [2.75, 3.05) is 11.1 Å². The van der Waals surface area contributed by atoms with Gasteiger partial charge in [-0.15, -0.1) is 0 Å². The standard InChI is InChI=1S/C20H17N5O2/c1-11-7-14(9-21)12(2)24-19(11)20(26)25-15-3-4-17(22)16(8-15)18(23)13-5-6-27-10-13/h3-8,10,23H,22H2,1-2H3,(H,25,26). The molecule has 0 saturated carbocycles. The molecule has 3 rings (SSSR count). The number of carbonyl (C=O) groups excluding carboxylic acids is 1. The van der Waals surface area contributed by atoms with E-state index in [4.69, 9.17) is 20.8 Å². The number of pyridine rings is 1. The van der Waals surface area contributed by atoms with Crippen LogP contribution in [-0.2, 0) is 0 Å². The molecule has 0 aliphatic carbocycles. The third kappa shape index (κ3) is 3.55. The molecule has 0 radical (unpaired) electrons. The highest BCUT2D eigenvalue weighted by atomic mass is 16.3. The van der Waals surface area contributed by atoms with Gasteiger partial charge in [0.05, 0.1) is 29.5 Å². The van der Waals surface area contributed by atoms with E-state index in [1.807, 2.05) is 0 Å². The summed E-state index contributed by atoms with van der Waals surface area (Å²) in [7, 11) is 0. The van der Waals surface area contributed by atoms with Crippen LogP contribution in [-0.4, -0.2) is 16.6 Å². The minimum atomic E-state index is -0.398. The largest absolute Gasteiger partial charge is 0.472 e. The number of amides is 1. The van der Waals surface area contributed by atoms with Gasteiger partial charge in [0, 0.05) is 22.5 Å². The summed E-state index contributed by atoms with van der Waals surface area (Å²) in [4.78, 5) is 16.9. The van der Waals surface area contributed by atoms with Gasteiger partial charge in [-0.3, -0.25) is 10.2 Å². The maximum absolute atomic E-state index is 12.6. The van der Waals surface area contributed by atoms with Gasteiger partial charge >= 0.3 is 0 Å². The number of nitrogens with two attached hydrogens (primary N) is 1. The van der Waals surface area contributed by atoms with Crippen LogP contribution >= 0.6 is 0 Å². The van der Waals surface area contributed by atoms with E-state index in [9.17, 15) is 4.79 Å². The number of nitrogens with one attached hydrogen (secondary N) is 2. The third-order valence-corrected chi connectivity index (χ3v) is 4.13. The van der Waals surface area contributed by atoms with Crippen LogP contribution in [0.1, 0.15) is 38.4 Å². The van der Waals surface area contributed by atoms with Crippen LogP contribution in [0.3, 0.4) is 0 Å². The zero-order valence-electron chi connectivity index (χ0n) is 14.8. The van der Waals surface area contributed by atoms with Crippen molar-refractivity contribution in [3.63, 3.8) is 0 Å². The molecule has 2 aromatic heterocycles. The van der Waals surface area contributed by atoms with Crippen molar-refractivity contribution in [2.24, 2.45) is 0 Å². The molecule has 0 unspecified atom stereocenters. The van der Waals surface area contributed by atoms with Crippen LogP contribution in [0.2, 0.25) is 0 Å². The second-order valence-corrected chi connectivity index (χ2v) is 6.04. The Bertz CT molecular complexity index is 1080. The Hall–Kier alpha value is -3.92. The van der Waals surface area contributed by atoms with Gasteiger partial charge in [-0.05, 0) is 49.7 Å². The Kier molecular flexibility index (Phi) is 4.73. The highest BCUT2D eigenvalue weighted by Crippen LogP contribution is 2.22. The van der Waals surface area contributed by atoms with Crippen molar-refractivity contribution in [3.05, 3.63) is 76.5 Å². The van der Waals surface area contributed by atoms with Crippen LogP contribution in [0.5, 0.6) is 0 Å². The van der Waals surface area contributed by atoms with E-state index in [2.05, 4.69) is 16.4 Å². The molecule has 0 spiro atoms. The van der Waals surface area contributed by atoms with Crippen molar-refractivity contribution >= 4 is 23.0 Å². The van der Waals surface area contributed by atoms with E-state index < -0.39 is 5.91 Å². The number of nitrogens with zero attached hydrogens (tertiary/aromatic N) is 2. The Morgan fingerprint density at radius 3 is 2.74 bits per heavy atom. The van der Waals surface area contributed by atoms with Crippen LogP contribution in [0.4, 0.5) is 11.4 Å². The van der Waals surface area contributed by atoms with Crippen molar-refractivity contribution in [2.45, 2.75) is 13.8 Å². The Balaban J connectivity index is 1.89. The third-order valence-electron chi connectivity index (χ3n) is 4.13. The number of hydrogen-bond acceptors (Lipinski definition) is 6. The molecule has 0 saturated heterocycles. The number of carbonyl (C=O) groups is 1. The zero-order valence-corrected chi connectivity index (χ0v) is 14.8. The molecule has 2 heterocycles. The lowest BCUT2D eigenvalue weighted by Crippen LogP contribution is -2.17. The van der Waals surface area contributed by atoms with E-state index in [-0.39, 0.29) is 11.4 Å². The number of benzene rings is 1. The topological polar surface area (TPSA) is 129 Å². The van der Waals surface area contributed by atoms with Gasteiger partial charge < -0.3 is 15.5 Å². The number of nitriles is 1. The SMILES string of the molecule is Cc1cc(C#N)c(C)nc1C(=O)Nc1ccc(N)c(C(=N)c2ccoc2)c1. The molecule has 0 atom stereocenters. The predicted octanol–water partition coefficient (Wildman–Crippen LogP) is 3.41. The van der Waals surface area contributed by atoms with Crippen molar-refractivity contribution in [1.82, 2.24) is 4.98 Å². The first-order chi connectivity index (χ1) is 12.9. The first kappa shape index (κ1) is 17.9. The first-order valence-electron chi connectivity index (χ1n) is 8.11. The average Bonchev–Trinajstić information content (AvgIpc) is 3.18. The number of nitrogen functional groups attached to an aromatic ring is 1. The molecule has 1 aromatic carbocycles. The molecule has 7 nitrogen and oxygen atoms in total. The number of hydrogen-bond donors (Lipinski definition) is 3. The van der Waals surface area contributed by atoms with Gasteiger partial charge in [0.1, 0.15) is 11.8 Å². The van der Waals surface area contributed by atoms with E-state index in [1.165, 1.54) is 12.5 Å². The van der Waals surface area contributed by atoms with Gasteiger partial charge in [0.2, 0.25) is 0 Å². The summed E-state index contributed by atoms with van der Waals surface area (Å²) in [5.74, 6) is -0.398. The number of rotatable bonds is 4. The van der Waals surface area contributed by atoms with Crippen molar-refractivity contribution in [3.8, 4) is 6.07 Å². The summed E-state index contributed by atoms with van der Waals surface area (Å²) < 4.78 is 5.01. The summed E-state index contributed by atoms with van der Waals surface area (Å²) in [5.41, 5.74) is 9.94. The monoisotopic (exact) mass is 359 g/mol. The Morgan fingerprint density at radius 2 is 2.07 bits per heavy atom. The Labute approximate surface area is 156 Å². The summed E-state index contributed by atoms with van der Waals surface area (Å²) in [5, 5.41) is 20.1. The molecule has 0 fully saturated rings. The smallest absolute Gasteiger partial charge is 0.274 e. The fourth-order valence-electron chi connectivity index (χ4n) is 2.65. The lowest BCUT2D eigenvalue weighted by molar-refractivity contribution is 0.102. The molecule has 0 aliphatic rings. The van der Waals surface area contributed by atoms with Gasteiger partial charge in [-0.2, -0.15) is 5.26 Å². The maximum atomic E-state index is 12.6. The normalized spacial score (nSPS) is 10.3. The van der Waals surface area contributed by atoms with Crippen LogP contribution in [0, 0.1) is 30.6 Å². The van der Waals surface area contributed by atoms with Crippen molar-refractivity contribution < 1.29 is 9.21 Å². The molecule has 134 valence electrons. The lowest BCUT2D eigenvalue weighted by atomic mass is 10.0. The fourth-order valence-corrected chi connectivity index (χ4v) is 2.65. The number of aromatic nitrogens is 1. The van der Waals surface area contributed by atoms with E-state index in [1.54, 1.807) is 44.2 Å². The van der Waals surface area contributed by atoms with Gasteiger partial charge in [-0.25, -0.2) is 4.98 Å².